The molecule has 256 valence electrons. The Hall–Kier alpha value is -2.44. The summed E-state index contributed by atoms with van der Waals surface area (Å²) in [6, 6.07) is -0.573. The van der Waals surface area contributed by atoms with Gasteiger partial charge in [-0.2, -0.15) is 0 Å². The molecule has 9 atom stereocenters. The first-order valence-corrected chi connectivity index (χ1v) is 16.8. The van der Waals surface area contributed by atoms with Crippen LogP contribution < -0.4 is 11.1 Å². The summed E-state index contributed by atoms with van der Waals surface area (Å²) in [6.45, 7) is 20.7. The van der Waals surface area contributed by atoms with Gasteiger partial charge in [0.05, 0.1) is 17.9 Å². The van der Waals surface area contributed by atoms with Crippen molar-refractivity contribution in [1.29, 1.82) is 0 Å². The van der Waals surface area contributed by atoms with Crippen LogP contribution in [-0.4, -0.2) is 80.2 Å². The minimum Gasteiger partial charge on any atom is -0.473 e. The van der Waals surface area contributed by atoms with Gasteiger partial charge in [-0.15, -0.1) is 18.3 Å². The molecule has 0 aromatic carbocycles. The summed E-state index contributed by atoms with van der Waals surface area (Å²) in [5.74, 6) is -3.89. The Kier molecular flexibility index (Phi) is 12.5. The number of hydrogen-bond donors (Lipinski definition) is 5. The zero-order valence-electron chi connectivity index (χ0n) is 28.1. The molecule has 6 N–H and O–H groups in total. The molecule has 3 aliphatic carbocycles. The number of Topliss-reactive ketones (excluding diaryl/α,β-unsaturated/α-hetero) is 1. The quantitative estimate of drug-likeness (QED) is 0.138. The highest BCUT2D eigenvalue weighted by Crippen LogP contribution is 2.68. The first-order valence-electron chi connectivity index (χ1n) is 15.8. The largest absolute Gasteiger partial charge is 0.473 e. The number of nitrogens with two attached hydrogens (primary N) is 1. The average Bonchev–Trinajstić information content (AvgIpc) is 3.33. The molecule has 2 unspecified atom stereocenters. The van der Waals surface area contributed by atoms with Crippen molar-refractivity contribution in [2.24, 2.45) is 45.7 Å². The van der Waals surface area contributed by atoms with Gasteiger partial charge in [0, 0.05) is 34.5 Å². The number of ketones is 1. The van der Waals surface area contributed by atoms with Crippen molar-refractivity contribution < 1.29 is 44.0 Å². The van der Waals surface area contributed by atoms with Crippen LogP contribution in [0.1, 0.15) is 87.5 Å². The van der Waals surface area contributed by atoms with Gasteiger partial charge in [-0.3, -0.25) is 14.4 Å². The second-order valence-electron chi connectivity index (χ2n) is 14.7. The fraction of sp³-hybridized carbons (Fsp3) is 0.788. The number of carboxylic acids is 2. The molecule has 0 spiro atoms. The van der Waals surface area contributed by atoms with Crippen LogP contribution in [0.25, 0.3) is 0 Å². The highest BCUT2D eigenvalue weighted by atomic mass is 32.2. The molecule has 12 heteroatoms. The molecule has 0 aromatic rings. The second kappa shape index (κ2) is 14.5. The van der Waals surface area contributed by atoms with Gasteiger partial charge in [0.1, 0.15) is 11.9 Å². The van der Waals surface area contributed by atoms with Crippen LogP contribution >= 0.6 is 11.8 Å². The molecule has 11 nitrogen and oxygen atoms in total. The molecule has 0 saturated heterocycles. The number of hydrogen-bond acceptors (Lipinski definition) is 9. The minimum absolute atomic E-state index is 0.0382. The number of carbonyl (C=O) groups excluding carboxylic acids is 3. The first kappa shape index (κ1) is 38.7. The minimum atomic E-state index is -1.82. The normalized spacial score (nSPS) is 35.1. The highest BCUT2D eigenvalue weighted by molar-refractivity contribution is 8.01. The fourth-order valence-electron chi connectivity index (χ4n) is 7.72. The number of rotatable bonds is 9. The molecule has 3 saturated carbocycles. The number of aliphatic hydroxyl groups is 1. The summed E-state index contributed by atoms with van der Waals surface area (Å²) < 4.78 is 5.92. The smallest absolute Gasteiger partial charge is 0.414 e. The highest BCUT2D eigenvalue weighted by Gasteiger charge is 2.68. The first-order chi connectivity index (χ1) is 20.6. The van der Waals surface area contributed by atoms with Gasteiger partial charge in [0.2, 0.25) is 5.91 Å². The van der Waals surface area contributed by atoms with E-state index in [1.165, 1.54) is 11.8 Å². The maximum atomic E-state index is 13.5. The van der Waals surface area contributed by atoms with Gasteiger partial charge in [-0.25, -0.2) is 9.59 Å². The van der Waals surface area contributed by atoms with Crippen molar-refractivity contribution in [1.82, 2.24) is 5.32 Å². The van der Waals surface area contributed by atoms with Gasteiger partial charge >= 0.3 is 17.9 Å². The lowest BCUT2D eigenvalue weighted by Gasteiger charge is -2.61. The molecule has 0 radical (unpaired) electrons. The van der Waals surface area contributed by atoms with Crippen LogP contribution in [0, 0.1) is 39.9 Å². The molecule has 3 aliphatic rings. The van der Waals surface area contributed by atoms with E-state index in [-0.39, 0.29) is 52.5 Å². The molecule has 45 heavy (non-hydrogen) atoms. The number of amides is 1. The summed E-state index contributed by atoms with van der Waals surface area (Å²) in [4.78, 5) is 57.4. The summed E-state index contributed by atoms with van der Waals surface area (Å²) in [5, 5.41) is 29.4. The number of esters is 1. The lowest BCUT2D eigenvalue weighted by Crippen LogP contribution is -2.63. The molecular weight excluding hydrogens is 600 g/mol. The number of carbonyl (C=O) groups is 5. The molecule has 3 rings (SSSR count). The Morgan fingerprint density at radius 1 is 1.16 bits per heavy atom. The van der Waals surface area contributed by atoms with Crippen LogP contribution in [0.15, 0.2) is 12.7 Å². The van der Waals surface area contributed by atoms with Gasteiger partial charge in [0.25, 0.3) is 0 Å². The Morgan fingerprint density at radius 3 is 2.24 bits per heavy atom. The van der Waals surface area contributed by atoms with E-state index in [9.17, 15) is 19.5 Å². The summed E-state index contributed by atoms with van der Waals surface area (Å²) in [6.07, 6.45) is 4.17. The molecule has 0 aromatic heterocycles. The topological polar surface area (TPSA) is 193 Å². The third-order valence-corrected chi connectivity index (χ3v) is 12.4. The third-order valence-electron chi connectivity index (χ3n) is 11.0. The van der Waals surface area contributed by atoms with E-state index in [4.69, 9.17) is 30.3 Å². The fourth-order valence-corrected chi connectivity index (χ4v) is 8.47. The molecule has 1 amide bonds. The second-order valence-corrected chi connectivity index (χ2v) is 16.4. The van der Waals surface area contributed by atoms with Crippen LogP contribution in [0.4, 0.5) is 0 Å². The maximum absolute atomic E-state index is 13.5. The molecule has 2 bridgehead atoms. The number of nitrogens with one attached hydrogen (secondary N) is 1. The standard InChI is InChI=1S/C31H52N2O5S.C2H2O4/c1-10-29(8)15-22(38-23(35)16-39-28(6,7)17-33-27(37)24(32)18(2)3)30(9)19(4)11-13-31(20(5)26(29)36)14-12-21(34)25(30)31;3-1(4)2(5)6/h10,18-20,22,24-26,36H,1,11-17,32H2,2-9H3,(H,33,37);(H,3,4)(H,5,6)/t19-,20+,22-,24-,25?,26+,29-,30+,31?;/m1./s1. The molecule has 0 heterocycles. The lowest BCUT2D eigenvalue weighted by molar-refractivity contribution is -0.205. The van der Waals surface area contributed by atoms with Crippen LogP contribution in [-0.2, 0) is 28.7 Å². The van der Waals surface area contributed by atoms with Crippen molar-refractivity contribution in [2.75, 3.05) is 12.3 Å². The van der Waals surface area contributed by atoms with E-state index in [1.54, 1.807) is 0 Å². The van der Waals surface area contributed by atoms with Crippen LogP contribution in [0.2, 0.25) is 0 Å². The zero-order valence-corrected chi connectivity index (χ0v) is 28.9. The SMILES string of the molecule is C=C[C@]1(C)C[C@@H](OC(=O)CSC(C)(C)CNC(=O)[C@H](N)C(C)C)[C@@]2(C)C3C(=O)CCC3(CC[C@H]2C)[C@@H](C)[C@@H]1O.O=C(O)C(=O)O. The summed E-state index contributed by atoms with van der Waals surface area (Å²) in [5.41, 5.74) is 4.49. The summed E-state index contributed by atoms with van der Waals surface area (Å²) in [7, 11) is 0. The van der Waals surface area contributed by atoms with E-state index in [2.05, 4.69) is 32.7 Å². The van der Waals surface area contributed by atoms with Crippen molar-refractivity contribution in [3.63, 3.8) is 0 Å². The Morgan fingerprint density at radius 2 is 1.73 bits per heavy atom. The number of carboxylic acid groups (broad SMARTS) is 2. The molecule has 0 aliphatic heterocycles. The zero-order chi connectivity index (χ0) is 34.7. The maximum Gasteiger partial charge on any atom is 0.414 e. The monoisotopic (exact) mass is 654 g/mol. The van der Waals surface area contributed by atoms with Gasteiger partial charge in [-0.05, 0) is 62.7 Å². The predicted molar refractivity (Wildman–Crippen MR) is 172 cm³/mol. The summed E-state index contributed by atoms with van der Waals surface area (Å²) >= 11 is 1.43. The number of aliphatic carboxylic acids is 2. The Balaban J connectivity index is 0.00000107. The molecule has 3 fully saturated rings. The van der Waals surface area contributed by atoms with Gasteiger partial charge in [-0.1, -0.05) is 47.6 Å². The third kappa shape index (κ3) is 8.11. The molecular formula is C33H54N2O9S. The Labute approximate surface area is 271 Å². The number of aliphatic hydroxyl groups excluding tert-OH is 1. The van der Waals surface area contributed by atoms with Crippen molar-refractivity contribution in [2.45, 2.75) is 110 Å². The number of thioether (sulfide) groups is 1. The van der Waals surface area contributed by atoms with E-state index < -0.39 is 45.8 Å². The van der Waals surface area contributed by atoms with Crippen molar-refractivity contribution in [3.05, 3.63) is 12.7 Å². The van der Waals surface area contributed by atoms with Gasteiger partial charge in [0.15, 0.2) is 0 Å². The van der Waals surface area contributed by atoms with E-state index >= 15 is 0 Å². The van der Waals surface area contributed by atoms with E-state index in [0.717, 1.165) is 19.3 Å². The van der Waals surface area contributed by atoms with Crippen molar-refractivity contribution >= 4 is 41.4 Å². The van der Waals surface area contributed by atoms with Gasteiger partial charge < -0.3 is 31.1 Å². The van der Waals surface area contributed by atoms with Crippen molar-refractivity contribution in [3.8, 4) is 0 Å². The number of ether oxygens (including phenoxy) is 1. The van der Waals surface area contributed by atoms with E-state index in [1.807, 2.05) is 40.7 Å². The lowest BCUT2D eigenvalue weighted by atomic mass is 9.44. The van der Waals surface area contributed by atoms with E-state index in [0.29, 0.717) is 19.4 Å². The Bertz CT molecular complexity index is 1150. The average molecular weight is 655 g/mol. The predicted octanol–water partition coefficient (Wildman–Crippen LogP) is 3.66. The van der Waals surface area contributed by atoms with Crippen LogP contribution in [0.3, 0.4) is 0 Å². The van der Waals surface area contributed by atoms with Crippen LogP contribution in [0.5, 0.6) is 0 Å².